The second kappa shape index (κ2) is 3.17. The van der Waals surface area contributed by atoms with Crippen LogP contribution < -0.4 is 5.73 Å². The van der Waals surface area contributed by atoms with Gasteiger partial charge in [-0.2, -0.15) is 0 Å². The monoisotopic (exact) mass is 151 g/mol. The first kappa shape index (κ1) is 8.91. The van der Waals surface area contributed by atoms with Gasteiger partial charge in [0.05, 0.1) is 0 Å². The molecule has 0 rings (SSSR count). The van der Waals surface area contributed by atoms with Gasteiger partial charge < -0.3 is 5.73 Å². The lowest BCUT2D eigenvalue weighted by Crippen LogP contribution is -2.39. The molecule has 0 aromatic rings. The van der Waals surface area contributed by atoms with E-state index in [0.717, 1.165) is 0 Å². The quantitative estimate of drug-likeness (QED) is 0.561. The van der Waals surface area contributed by atoms with E-state index >= 15 is 0 Å². The van der Waals surface area contributed by atoms with Gasteiger partial charge in [0.25, 0.3) is 0 Å². The molecule has 0 aromatic heterocycles. The molecule has 0 spiro atoms. The standard InChI is InChI=1S/C5H13NO2S/c1-3-5(6,4-2)9(7)8/h9H,3-4,6H2,1-2H3. The predicted molar refractivity (Wildman–Crippen MR) is 37.8 cm³/mol. The number of hydrogen-bond acceptors (Lipinski definition) is 3. The molecule has 0 aliphatic carbocycles. The lowest BCUT2D eigenvalue weighted by molar-refractivity contribution is 0.508. The number of rotatable bonds is 3. The highest BCUT2D eigenvalue weighted by molar-refractivity contribution is 7.74. The molecule has 0 atom stereocenters. The van der Waals surface area contributed by atoms with E-state index in [0.29, 0.717) is 12.8 Å². The van der Waals surface area contributed by atoms with Gasteiger partial charge in [-0.25, -0.2) is 8.42 Å². The molecule has 0 bridgehead atoms. The molecule has 9 heavy (non-hydrogen) atoms. The molecule has 56 valence electrons. The van der Waals surface area contributed by atoms with Crippen molar-refractivity contribution >= 4 is 10.7 Å². The Balaban J connectivity index is 4.28. The summed E-state index contributed by atoms with van der Waals surface area (Å²) in [7, 11) is -2.47. The van der Waals surface area contributed by atoms with Crippen LogP contribution in [-0.2, 0) is 10.7 Å². The van der Waals surface area contributed by atoms with Crippen molar-refractivity contribution in [1.82, 2.24) is 0 Å². The number of thiol groups is 1. The summed E-state index contributed by atoms with van der Waals surface area (Å²) in [6.07, 6.45) is 0.977. The highest BCUT2D eigenvalue weighted by Crippen LogP contribution is 2.10. The van der Waals surface area contributed by atoms with Crippen molar-refractivity contribution in [1.29, 1.82) is 0 Å². The molecule has 0 radical (unpaired) electrons. The van der Waals surface area contributed by atoms with Crippen LogP contribution in [0.3, 0.4) is 0 Å². The molecule has 0 aromatic carbocycles. The first-order chi connectivity index (χ1) is 4.06. The Bertz CT molecular complexity index is 141. The van der Waals surface area contributed by atoms with Crippen LogP contribution in [0.4, 0.5) is 0 Å². The smallest absolute Gasteiger partial charge is 0.158 e. The van der Waals surface area contributed by atoms with Crippen molar-refractivity contribution < 1.29 is 8.42 Å². The van der Waals surface area contributed by atoms with Crippen molar-refractivity contribution in [3.8, 4) is 0 Å². The lowest BCUT2D eigenvalue weighted by atomic mass is 10.2. The summed E-state index contributed by atoms with van der Waals surface area (Å²) in [4.78, 5) is -0.963. The molecule has 0 fully saturated rings. The first-order valence-corrected chi connectivity index (χ1v) is 4.18. The molecule has 0 saturated carbocycles. The Morgan fingerprint density at radius 2 is 1.67 bits per heavy atom. The van der Waals surface area contributed by atoms with Crippen LogP contribution >= 0.6 is 0 Å². The molecule has 3 nitrogen and oxygen atoms in total. The average molecular weight is 151 g/mol. The fourth-order valence-electron chi connectivity index (χ4n) is 0.508. The van der Waals surface area contributed by atoms with Crippen molar-refractivity contribution in [2.24, 2.45) is 5.73 Å². The Morgan fingerprint density at radius 1 is 1.33 bits per heavy atom. The summed E-state index contributed by atoms with van der Waals surface area (Å²) in [5.41, 5.74) is 5.44. The van der Waals surface area contributed by atoms with E-state index in [1.165, 1.54) is 0 Å². The van der Waals surface area contributed by atoms with Crippen LogP contribution in [-0.4, -0.2) is 13.3 Å². The van der Waals surface area contributed by atoms with E-state index < -0.39 is 15.6 Å². The maximum Gasteiger partial charge on any atom is 0.158 e. The van der Waals surface area contributed by atoms with Crippen LogP contribution in [0.25, 0.3) is 0 Å². The third-order valence-corrected chi connectivity index (χ3v) is 2.95. The van der Waals surface area contributed by atoms with Crippen molar-refractivity contribution in [3.63, 3.8) is 0 Å². The van der Waals surface area contributed by atoms with Gasteiger partial charge in [-0.1, -0.05) is 13.8 Å². The van der Waals surface area contributed by atoms with Crippen molar-refractivity contribution in [3.05, 3.63) is 0 Å². The van der Waals surface area contributed by atoms with Gasteiger partial charge >= 0.3 is 0 Å². The molecule has 4 heteroatoms. The highest BCUT2D eigenvalue weighted by Gasteiger charge is 2.22. The summed E-state index contributed by atoms with van der Waals surface area (Å²) in [6, 6.07) is 0. The van der Waals surface area contributed by atoms with E-state index in [2.05, 4.69) is 0 Å². The molecule has 0 unspecified atom stereocenters. The van der Waals surface area contributed by atoms with Gasteiger partial charge in [0.15, 0.2) is 10.7 Å². The summed E-state index contributed by atoms with van der Waals surface area (Å²) in [6.45, 7) is 3.54. The largest absolute Gasteiger partial charge is 0.313 e. The summed E-state index contributed by atoms with van der Waals surface area (Å²) >= 11 is 0. The zero-order chi connectivity index (χ0) is 7.49. The first-order valence-electron chi connectivity index (χ1n) is 3.00. The second-order valence-electron chi connectivity index (χ2n) is 2.07. The Morgan fingerprint density at radius 3 is 1.67 bits per heavy atom. The van der Waals surface area contributed by atoms with Gasteiger partial charge in [0.1, 0.15) is 4.87 Å². The van der Waals surface area contributed by atoms with Gasteiger partial charge in [-0.05, 0) is 12.8 Å². The minimum Gasteiger partial charge on any atom is -0.313 e. The molecule has 0 aliphatic heterocycles. The van der Waals surface area contributed by atoms with Gasteiger partial charge in [0, 0.05) is 0 Å². The Kier molecular flexibility index (Phi) is 3.14. The van der Waals surface area contributed by atoms with Gasteiger partial charge in [-0.3, -0.25) is 0 Å². The molecule has 0 aliphatic rings. The summed E-state index contributed by atoms with van der Waals surface area (Å²) in [5, 5.41) is 0. The Labute approximate surface area is 57.2 Å². The van der Waals surface area contributed by atoms with E-state index in [4.69, 9.17) is 5.73 Å². The molecule has 0 saturated heterocycles. The SMILES string of the molecule is CCC(N)(CC)[SH](=O)=O. The minimum absolute atomic E-state index is 0.488. The predicted octanol–water partition coefficient (Wildman–Crippen LogP) is 0.0728. The maximum atomic E-state index is 10.4. The van der Waals surface area contributed by atoms with E-state index in [-0.39, 0.29) is 0 Å². The van der Waals surface area contributed by atoms with Crippen molar-refractivity contribution in [2.45, 2.75) is 31.6 Å². The normalized spacial score (nSPS) is 12.4. The number of hydrogen-bond donors (Lipinski definition) is 2. The maximum absolute atomic E-state index is 10.4. The van der Waals surface area contributed by atoms with Crippen LogP contribution in [0, 0.1) is 0 Å². The molecular formula is C5H13NO2S. The van der Waals surface area contributed by atoms with Crippen LogP contribution in [0.1, 0.15) is 26.7 Å². The third kappa shape index (κ3) is 1.95. The molecule has 2 N–H and O–H groups in total. The summed E-state index contributed by atoms with van der Waals surface area (Å²) in [5.74, 6) is 0. The van der Waals surface area contributed by atoms with Gasteiger partial charge in [-0.15, -0.1) is 0 Å². The van der Waals surface area contributed by atoms with Gasteiger partial charge in [0.2, 0.25) is 0 Å². The van der Waals surface area contributed by atoms with E-state index in [1.54, 1.807) is 13.8 Å². The zero-order valence-electron chi connectivity index (χ0n) is 5.76. The Hall–Kier alpha value is -0.0900. The van der Waals surface area contributed by atoms with Crippen molar-refractivity contribution in [2.75, 3.05) is 0 Å². The van der Waals surface area contributed by atoms with Crippen LogP contribution in [0.15, 0.2) is 0 Å². The average Bonchev–Trinajstić information content (AvgIpc) is 1.86. The topological polar surface area (TPSA) is 60.2 Å². The molecule has 0 heterocycles. The minimum atomic E-state index is -2.47. The third-order valence-electron chi connectivity index (χ3n) is 1.59. The second-order valence-corrected chi connectivity index (χ2v) is 3.47. The lowest BCUT2D eigenvalue weighted by Gasteiger charge is -2.17. The molecular weight excluding hydrogens is 138 g/mol. The fraction of sp³-hybridized carbons (Fsp3) is 1.00. The van der Waals surface area contributed by atoms with E-state index in [1.807, 2.05) is 0 Å². The highest BCUT2D eigenvalue weighted by atomic mass is 32.2. The zero-order valence-corrected chi connectivity index (χ0v) is 6.65. The van der Waals surface area contributed by atoms with Crippen LogP contribution in [0.2, 0.25) is 0 Å². The molecule has 0 amide bonds. The summed E-state index contributed by atoms with van der Waals surface area (Å²) < 4.78 is 20.8. The number of nitrogens with two attached hydrogens (primary N) is 1. The van der Waals surface area contributed by atoms with Crippen LogP contribution in [0.5, 0.6) is 0 Å². The van der Waals surface area contributed by atoms with E-state index in [9.17, 15) is 8.42 Å². The fourth-order valence-corrected chi connectivity index (χ4v) is 1.02.